The van der Waals surface area contributed by atoms with Crippen molar-refractivity contribution in [3.63, 3.8) is 0 Å². The van der Waals surface area contributed by atoms with Crippen molar-refractivity contribution < 1.29 is 4.39 Å². The van der Waals surface area contributed by atoms with Crippen LogP contribution in [0.1, 0.15) is 11.3 Å². The van der Waals surface area contributed by atoms with E-state index in [1.54, 1.807) is 7.05 Å². The zero-order chi connectivity index (χ0) is 10.1. The van der Waals surface area contributed by atoms with E-state index in [0.29, 0.717) is 12.4 Å². The molecule has 0 saturated carbocycles. The quantitative estimate of drug-likeness (QED) is 0.669. The molecule has 5 heteroatoms. The highest BCUT2D eigenvalue weighted by molar-refractivity contribution is 5.46. The van der Waals surface area contributed by atoms with E-state index in [1.165, 1.54) is 0 Å². The Labute approximate surface area is 82.2 Å². The number of hydrogen-bond acceptors (Lipinski definition) is 4. The lowest BCUT2D eigenvalue weighted by molar-refractivity contribution is 0.304. The molecule has 76 valence electrons. The van der Waals surface area contributed by atoms with E-state index >= 15 is 0 Å². The van der Waals surface area contributed by atoms with Gasteiger partial charge in [0.15, 0.2) is 0 Å². The Kier molecular flexibility index (Phi) is 2.33. The first-order valence-electron chi connectivity index (χ1n) is 4.62. The molecule has 0 aromatic carbocycles. The van der Waals surface area contributed by atoms with Crippen molar-refractivity contribution in [1.29, 1.82) is 0 Å². The predicted octanol–water partition coefficient (Wildman–Crippen LogP) is 0.645. The van der Waals surface area contributed by atoms with Crippen LogP contribution >= 0.6 is 0 Å². The lowest BCUT2D eigenvalue weighted by Gasteiger charge is -2.24. The SMILES string of the molecule is CNc1nc(F)nc2c1CCN(C)C2. The van der Waals surface area contributed by atoms with Gasteiger partial charge in [-0.2, -0.15) is 9.37 Å². The van der Waals surface area contributed by atoms with Gasteiger partial charge in [0.25, 0.3) is 0 Å². The van der Waals surface area contributed by atoms with E-state index in [1.807, 2.05) is 7.05 Å². The molecule has 0 unspecified atom stereocenters. The van der Waals surface area contributed by atoms with Gasteiger partial charge in [-0.25, -0.2) is 4.98 Å². The number of fused-ring (bicyclic) bond motifs is 1. The second-order valence-corrected chi connectivity index (χ2v) is 3.50. The summed E-state index contributed by atoms with van der Waals surface area (Å²) in [6, 6.07) is 0. The van der Waals surface area contributed by atoms with Crippen LogP contribution in [0.15, 0.2) is 0 Å². The smallest absolute Gasteiger partial charge is 0.310 e. The van der Waals surface area contributed by atoms with Gasteiger partial charge >= 0.3 is 6.08 Å². The van der Waals surface area contributed by atoms with Crippen LogP contribution in [-0.2, 0) is 13.0 Å². The van der Waals surface area contributed by atoms with Crippen LogP contribution in [0.2, 0.25) is 0 Å². The van der Waals surface area contributed by atoms with Gasteiger partial charge in [-0.1, -0.05) is 0 Å². The molecule has 2 rings (SSSR count). The first-order valence-corrected chi connectivity index (χ1v) is 4.62. The summed E-state index contributed by atoms with van der Waals surface area (Å²) in [5, 5.41) is 2.90. The summed E-state index contributed by atoms with van der Waals surface area (Å²) in [5.41, 5.74) is 1.85. The van der Waals surface area contributed by atoms with Gasteiger partial charge in [0.05, 0.1) is 5.69 Å². The number of rotatable bonds is 1. The van der Waals surface area contributed by atoms with Gasteiger partial charge in [0, 0.05) is 25.7 Å². The Bertz CT molecular complexity index is 353. The largest absolute Gasteiger partial charge is 0.373 e. The molecule has 2 heterocycles. The van der Waals surface area contributed by atoms with Crippen molar-refractivity contribution >= 4 is 5.82 Å². The highest BCUT2D eigenvalue weighted by atomic mass is 19.1. The number of nitrogens with zero attached hydrogens (tertiary/aromatic N) is 3. The molecule has 0 amide bonds. The Hall–Kier alpha value is -1.23. The Morgan fingerprint density at radius 1 is 1.43 bits per heavy atom. The minimum absolute atomic E-state index is 0.626. The minimum atomic E-state index is -0.650. The van der Waals surface area contributed by atoms with Crippen LogP contribution in [-0.4, -0.2) is 35.5 Å². The molecular weight excluding hydrogens is 183 g/mol. The van der Waals surface area contributed by atoms with Crippen LogP contribution in [0.25, 0.3) is 0 Å². The van der Waals surface area contributed by atoms with E-state index in [2.05, 4.69) is 20.2 Å². The zero-order valence-corrected chi connectivity index (χ0v) is 8.34. The summed E-state index contributed by atoms with van der Waals surface area (Å²) in [5.74, 6) is 0.626. The average Bonchev–Trinajstić information content (AvgIpc) is 2.15. The Morgan fingerprint density at radius 3 is 2.93 bits per heavy atom. The number of nitrogens with one attached hydrogen (secondary N) is 1. The van der Waals surface area contributed by atoms with Crippen molar-refractivity contribution in [2.24, 2.45) is 0 Å². The third-order valence-corrected chi connectivity index (χ3v) is 2.47. The number of aromatic nitrogens is 2. The summed E-state index contributed by atoms with van der Waals surface area (Å²) in [4.78, 5) is 9.66. The molecule has 0 bridgehead atoms. The third kappa shape index (κ3) is 1.55. The molecule has 1 aliphatic heterocycles. The van der Waals surface area contributed by atoms with E-state index < -0.39 is 6.08 Å². The van der Waals surface area contributed by atoms with Crippen LogP contribution in [0.3, 0.4) is 0 Å². The molecule has 1 aromatic heterocycles. The first-order chi connectivity index (χ1) is 6.70. The van der Waals surface area contributed by atoms with Gasteiger partial charge in [0.1, 0.15) is 5.82 Å². The standard InChI is InChI=1S/C9H13FN4/c1-11-8-6-3-4-14(2)5-7(6)12-9(10)13-8/h3-5H2,1-2H3,(H,11,12,13). The predicted molar refractivity (Wildman–Crippen MR) is 51.6 cm³/mol. The number of anilines is 1. The number of hydrogen-bond donors (Lipinski definition) is 1. The fourth-order valence-corrected chi connectivity index (χ4v) is 1.74. The second kappa shape index (κ2) is 3.49. The van der Waals surface area contributed by atoms with Crippen LogP contribution in [0.5, 0.6) is 0 Å². The molecule has 1 aliphatic rings. The Morgan fingerprint density at radius 2 is 2.21 bits per heavy atom. The normalized spacial score (nSPS) is 16.5. The molecule has 0 radical (unpaired) electrons. The molecule has 0 atom stereocenters. The average molecular weight is 196 g/mol. The second-order valence-electron chi connectivity index (χ2n) is 3.50. The maximum atomic E-state index is 13.0. The number of halogens is 1. The van der Waals surface area contributed by atoms with Crippen LogP contribution in [0, 0.1) is 6.08 Å². The van der Waals surface area contributed by atoms with Gasteiger partial charge in [-0.15, -0.1) is 0 Å². The fourth-order valence-electron chi connectivity index (χ4n) is 1.74. The van der Waals surface area contributed by atoms with E-state index in [9.17, 15) is 4.39 Å². The lowest BCUT2D eigenvalue weighted by atomic mass is 10.1. The maximum absolute atomic E-state index is 13.0. The van der Waals surface area contributed by atoms with Gasteiger partial charge in [0.2, 0.25) is 0 Å². The van der Waals surface area contributed by atoms with E-state index in [-0.39, 0.29) is 0 Å². The molecule has 0 saturated heterocycles. The monoisotopic (exact) mass is 196 g/mol. The van der Waals surface area contributed by atoms with Crippen LogP contribution < -0.4 is 5.32 Å². The summed E-state index contributed by atoms with van der Waals surface area (Å²) in [7, 11) is 3.75. The summed E-state index contributed by atoms with van der Waals surface area (Å²) in [6.45, 7) is 1.67. The molecule has 0 fully saturated rings. The zero-order valence-electron chi connectivity index (χ0n) is 8.34. The summed E-state index contributed by atoms with van der Waals surface area (Å²) in [6.07, 6.45) is 0.228. The van der Waals surface area contributed by atoms with Crippen molar-refractivity contribution in [2.75, 3.05) is 26.0 Å². The third-order valence-electron chi connectivity index (χ3n) is 2.47. The molecular formula is C9H13FN4. The highest BCUT2D eigenvalue weighted by Crippen LogP contribution is 2.21. The van der Waals surface area contributed by atoms with Gasteiger partial charge in [-0.05, 0) is 13.5 Å². The summed E-state index contributed by atoms with van der Waals surface area (Å²) < 4.78 is 13.0. The lowest BCUT2D eigenvalue weighted by Crippen LogP contribution is -2.28. The van der Waals surface area contributed by atoms with Gasteiger partial charge in [-0.3, -0.25) is 0 Å². The Balaban J connectivity index is 2.46. The summed E-state index contributed by atoms with van der Waals surface area (Å²) >= 11 is 0. The molecule has 1 N–H and O–H groups in total. The topological polar surface area (TPSA) is 41.1 Å². The van der Waals surface area contributed by atoms with E-state index in [4.69, 9.17) is 0 Å². The minimum Gasteiger partial charge on any atom is -0.373 e. The maximum Gasteiger partial charge on any atom is 0.310 e. The fraction of sp³-hybridized carbons (Fsp3) is 0.556. The number of likely N-dealkylation sites (N-methyl/N-ethyl adjacent to an activating group) is 1. The van der Waals surface area contributed by atoms with Crippen molar-refractivity contribution in [3.05, 3.63) is 17.3 Å². The molecule has 14 heavy (non-hydrogen) atoms. The van der Waals surface area contributed by atoms with E-state index in [0.717, 1.165) is 24.2 Å². The molecule has 0 spiro atoms. The van der Waals surface area contributed by atoms with Gasteiger partial charge < -0.3 is 10.2 Å². The molecule has 1 aromatic rings. The first kappa shape index (κ1) is 9.33. The highest BCUT2D eigenvalue weighted by Gasteiger charge is 2.19. The van der Waals surface area contributed by atoms with Crippen molar-refractivity contribution in [1.82, 2.24) is 14.9 Å². The molecule has 4 nitrogen and oxygen atoms in total. The molecule has 0 aliphatic carbocycles. The van der Waals surface area contributed by atoms with Crippen molar-refractivity contribution in [3.8, 4) is 0 Å². The van der Waals surface area contributed by atoms with Crippen molar-refractivity contribution in [2.45, 2.75) is 13.0 Å². The van der Waals surface area contributed by atoms with Crippen LogP contribution in [0.4, 0.5) is 10.2 Å².